The van der Waals surface area contributed by atoms with E-state index >= 15 is 0 Å². The minimum atomic E-state index is -4.31. The van der Waals surface area contributed by atoms with E-state index in [9.17, 15) is 27.9 Å². The van der Waals surface area contributed by atoms with Crippen LogP contribution in [0.1, 0.15) is 12.6 Å². The van der Waals surface area contributed by atoms with Gasteiger partial charge in [0.05, 0.1) is 12.7 Å². The van der Waals surface area contributed by atoms with Gasteiger partial charge in [-0.3, -0.25) is 4.57 Å². The number of hydrogen-bond acceptors (Lipinski definition) is 11. The molecule has 0 aliphatic carbocycles. The van der Waals surface area contributed by atoms with E-state index in [0.717, 1.165) is 17.5 Å². The third-order valence-corrected chi connectivity index (χ3v) is 6.41. The summed E-state index contributed by atoms with van der Waals surface area (Å²) < 4.78 is 59.9. The van der Waals surface area contributed by atoms with Crippen LogP contribution in [-0.2, 0) is 13.8 Å². The third-order valence-electron chi connectivity index (χ3n) is 4.58. The zero-order valence-corrected chi connectivity index (χ0v) is 19.7. The largest absolute Gasteiger partial charge is 0.694 e. The van der Waals surface area contributed by atoms with Crippen molar-refractivity contribution in [3.8, 4) is 0 Å². The Bertz CT molecular complexity index is 971. The highest BCUT2D eigenvalue weighted by Crippen LogP contribution is 2.34. The zero-order chi connectivity index (χ0) is 24.2. The van der Waals surface area contributed by atoms with Gasteiger partial charge in [0.1, 0.15) is 24.9 Å². The van der Waals surface area contributed by atoms with Crippen LogP contribution in [0.3, 0.4) is 0 Å². The Kier molecular flexibility index (Phi) is 9.14. The minimum Gasteiger partial charge on any atom is -0.387 e. The molecule has 0 aromatic carbocycles. The van der Waals surface area contributed by atoms with Crippen molar-refractivity contribution in [3.63, 3.8) is 0 Å². The molecule has 3 heterocycles. The second-order valence-electron chi connectivity index (χ2n) is 6.89. The lowest BCUT2D eigenvalue weighted by atomic mass is 10.1. The predicted molar refractivity (Wildman–Crippen MR) is 115 cm³/mol. The SMILES string of the molecule is CSCCNc1nc(SCCC(F)(F)F)nc2c1ncn2[C@@H]1O[C@H](CO[P+](=O)O)[C@@H](O)[C@H]1O. The van der Waals surface area contributed by atoms with Crippen molar-refractivity contribution in [2.75, 3.05) is 36.2 Å². The van der Waals surface area contributed by atoms with E-state index in [-0.39, 0.29) is 16.6 Å². The van der Waals surface area contributed by atoms with Gasteiger partial charge in [-0.05, 0) is 6.26 Å². The Morgan fingerprint density at radius 3 is 2.73 bits per heavy atom. The van der Waals surface area contributed by atoms with Crippen LogP contribution >= 0.6 is 31.8 Å². The molecule has 5 atom stereocenters. The average molecular weight is 532 g/mol. The normalized spacial score (nSPS) is 23.9. The van der Waals surface area contributed by atoms with E-state index in [4.69, 9.17) is 9.63 Å². The molecule has 2 aromatic rings. The number of halogens is 3. The number of nitrogens with one attached hydrogen (secondary N) is 1. The van der Waals surface area contributed by atoms with Gasteiger partial charge in [-0.15, -0.1) is 9.42 Å². The van der Waals surface area contributed by atoms with E-state index < -0.39 is 52.0 Å². The van der Waals surface area contributed by atoms with E-state index in [1.807, 2.05) is 6.26 Å². The summed E-state index contributed by atoms with van der Waals surface area (Å²) in [6.45, 7) is 0.0783. The molecule has 1 aliphatic rings. The lowest BCUT2D eigenvalue weighted by molar-refractivity contribution is -0.129. The number of alkyl halides is 3. The molecule has 0 spiro atoms. The molecule has 0 amide bonds. The number of hydrogen-bond donors (Lipinski definition) is 4. The van der Waals surface area contributed by atoms with E-state index in [2.05, 4.69) is 24.8 Å². The molecule has 0 bridgehead atoms. The molecule has 1 aliphatic heterocycles. The van der Waals surface area contributed by atoms with Gasteiger partial charge in [-0.2, -0.15) is 24.9 Å². The highest BCUT2D eigenvalue weighted by Gasteiger charge is 2.45. The summed E-state index contributed by atoms with van der Waals surface area (Å²) in [6, 6.07) is 0. The Morgan fingerprint density at radius 2 is 2.06 bits per heavy atom. The van der Waals surface area contributed by atoms with Gasteiger partial charge in [-0.25, -0.2) is 15.0 Å². The molecule has 0 saturated carbocycles. The van der Waals surface area contributed by atoms with Crippen LogP contribution in [0.2, 0.25) is 0 Å². The Morgan fingerprint density at radius 1 is 1.30 bits per heavy atom. The first-order valence-electron chi connectivity index (χ1n) is 9.58. The second kappa shape index (κ2) is 11.4. The van der Waals surface area contributed by atoms with Gasteiger partial charge in [-0.1, -0.05) is 11.8 Å². The maximum atomic E-state index is 12.5. The maximum Gasteiger partial charge on any atom is 0.694 e. The molecule has 33 heavy (non-hydrogen) atoms. The molecule has 2 aromatic heterocycles. The predicted octanol–water partition coefficient (Wildman–Crippen LogP) is 1.93. The van der Waals surface area contributed by atoms with Crippen LogP contribution < -0.4 is 5.32 Å². The summed E-state index contributed by atoms with van der Waals surface area (Å²) in [4.78, 5) is 21.6. The number of aliphatic hydroxyl groups is 2. The fraction of sp³-hybridized carbons (Fsp3) is 0.688. The van der Waals surface area contributed by atoms with Crippen molar-refractivity contribution in [3.05, 3.63) is 6.33 Å². The number of aliphatic hydroxyl groups excluding tert-OH is 2. The number of imidazole rings is 1. The summed E-state index contributed by atoms with van der Waals surface area (Å²) in [5, 5.41) is 23.9. The van der Waals surface area contributed by atoms with E-state index in [1.54, 1.807) is 11.8 Å². The van der Waals surface area contributed by atoms with Crippen LogP contribution in [0, 0.1) is 0 Å². The van der Waals surface area contributed by atoms with Crippen LogP contribution in [0.4, 0.5) is 19.0 Å². The lowest BCUT2D eigenvalue weighted by Gasteiger charge is -2.17. The van der Waals surface area contributed by atoms with Gasteiger partial charge in [0.25, 0.3) is 0 Å². The number of anilines is 1. The van der Waals surface area contributed by atoms with Gasteiger partial charge in [0.2, 0.25) is 0 Å². The molecule has 1 fully saturated rings. The quantitative estimate of drug-likeness (QED) is 0.145. The van der Waals surface area contributed by atoms with Gasteiger partial charge in [0.15, 0.2) is 28.4 Å². The zero-order valence-electron chi connectivity index (χ0n) is 17.2. The molecule has 17 heteroatoms. The first kappa shape index (κ1) is 26.3. The molecule has 0 radical (unpaired) electrons. The van der Waals surface area contributed by atoms with Crippen molar-refractivity contribution in [2.24, 2.45) is 0 Å². The molecular formula is C16H22F3N5O6PS2+. The average Bonchev–Trinajstić information content (AvgIpc) is 3.27. The first-order chi connectivity index (χ1) is 15.6. The molecule has 4 N–H and O–H groups in total. The second-order valence-corrected chi connectivity index (χ2v) is 9.67. The third kappa shape index (κ3) is 6.88. The molecule has 184 valence electrons. The van der Waals surface area contributed by atoms with Crippen molar-refractivity contribution in [1.82, 2.24) is 19.5 Å². The maximum absolute atomic E-state index is 12.5. The smallest absolute Gasteiger partial charge is 0.387 e. The number of rotatable bonds is 11. The van der Waals surface area contributed by atoms with Crippen LogP contribution in [-0.4, -0.2) is 90.0 Å². The van der Waals surface area contributed by atoms with Crippen LogP contribution in [0.15, 0.2) is 11.5 Å². The summed E-state index contributed by atoms with van der Waals surface area (Å²) in [7, 11) is -2.92. The summed E-state index contributed by atoms with van der Waals surface area (Å²) in [5.74, 6) is 0.772. The number of nitrogens with zero attached hydrogens (tertiary/aromatic N) is 4. The molecule has 1 saturated heterocycles. The van der Waals surface area contributed by atoms with Gasteiger partial charge >= 0.3 is 14.4 Å². The lowest BCUT2D eigenvalue weighted by Crippen LogP contribution is -2.33. The number of aromatic nitrogens is 4. The Labute approximate surface area is 195 Å². The highest BCUT2D eigenvalue weighted by atomic mass is 32.2. The first-order valence-corrected chi connectivity index (χ1v) is 13.1. The van der Waals surface area contributed by atoms with Crippen molar-refractivity contribution >= 4 is 48.8 Å². The molecule has 3 rings (SSSR count). The molecule has 1 unspecified atom stereocenters. The van der Waals surface area contributed by atoms with Gasteiger partial charge < -0.3 is 20.3 Å². The van der Waals surface area contributed by atoms with Crippen molar-refractivity contribution in [1.29, 1.82) is 0 Å². The Hall–Kier alpha value is -1.26. The number of fused-ring (bicyclic) bond motifs is 1. The van der Waals surface area contributed by atoms with Crippen molar-refractivity contribution < 1.29 is 42.1 Å². The molecular weight excluding hydrogens is 510 g/mol. The van der Waals surface area contributed by atoms with Crippen molar-refractivity contribution in [2.45, 2.75) is 42.3 Å². The Balaban J connectivity index is 1.89. The number of thioether (sulfide) groups is 2. The summed E-state index contributed by atoms with van der Waals surface area (Å²) in [6.07, 6.45) is -7.25. The summed E-state index contributed by atoms with van der Waals surface area (Å²) >= 11 is 2.41. The number of ether oxygens (including phenoxy) is 1. The monoisotopic (exact) mass is 532 g/mol. The fourth-order valence-electron chi connectivity index (χ4n) is 3.03. The molecule has 11 nitrogen and oxygen atoms in total. The van der Waals surface area contributed by atoms with E-state index in [0.29, 0.717) is 17.9 Å². The van der Waals surface area contributed by atoms with Crippen LogP contribution in [0.25, 0.3) is 11.2 Å². The fourth-order valence-corrected chi connectivity index (χ4v) is 4.44. The van der Waals surface area contributed by atoms with Crippen LogP contribution in [0.5, 0.6) is 0 Å². The van der Waals surface area contributed by atoms with Gasteiger partial charge in [0, 0.05) is 22.6 Å². The topological polar surface area (TPSA) is 152 Å². The van der Waals surface area contributed by atoms with E-state index in [1.165, 1.54) is 10.9 Å². The standard InChI is InChI=1S/C16H21F3N5O6PS2/c1-32-5-3-20-12-9-13(23-15(22-12)33-4-2-16(17,18)19)24(7-21-9)14-11(26)10(25)8(30-14)6-29-31(27)28/h7-8,10-11,14,25-26H,2-6H2,1H3,(H-,20,22,23,27,28)/p+1/t8-,10-,11-,14-/m1/s1. The highest BCUT2D eigenvalue weighted by molar-refractivity contribution is 7.99. The minimum absolute atomic E-state index is 0.0744. The summed E-state index contributed by atoms with van der Waals surface area (Å²) in [5.41, 5.74) is 0.483.